The molecule has 0 aliphatic heterocycles. The molecule has 5 nitrogen and oxygen atoms in total. The van der Waals surface area contributed by atoms with Crippen molar-refractivity contribution in [1.82, 2.24) is 15.1 Å². The van der Waals surface area contributed by atoms with Gasteiger partial charge in [0.15, 0.2) is 5.69 Å². The average Bonchev–Trinajstić information content (AvgIpc) is 3.25. The highest BCUT2D eigenvalue weighted by molar-refractivity contribution is 5.94. The summed E-state index contributed by atoms with van der Waals surface area (Å²) >= 11 is 0. The van der Waals surface area contributed by atoms with Crippen LogP contribution in [0.4, 0.5) is 0 Å². The topological polar surface area (TPSA) is 72.9 Å². The van der Waals surface area contributed by atoms with Crippen molar-refractivity contribution in [1.29, 1.82) is 0 Å². The minimum absolute atomic E-state index is 0. The summed E-state index contributed by atoms with van der Waals surface area (Å²) in [7, 11) is 0. The van der Waals surface area contributed by atoms with Crippen LogP contribution in [0.3, 0.4) is 0 Å². The first-order valence-electron chi connectivity index (χ1n) is 9.45. The van der Waals surface area contributed by atoms with Crippen LogP contribution in [0.5, 0.6) is 0 Å². The van der Waals surface area contributed by atoms with E-state index in [1.165, 1.54) is 12.1 Å². The van der Waals surface area contributed by atoms with Gasteiger partial charge in [-0.15, -0.1) is 12.4 Å². The number of para-hydroxylation sites is 1. The smallest absolute Gasteiger partial charge is 0.272 e. The van der Waals surface area contributed by atoms with E-state index in [1.54, 1.807) is 0 Å². The third-order valence-electron chi connectivity index (χ3n) is 5.67. The maximum atomic E-state index is 13.0. The number of rotatable bonds is 4. The van der Waals surface area contributed by atoms with E-state index in [1.807, 2.05) is 35.0 Å². The number of hydrogen-bond acceptors (Lipinski definition) is 3. The maximum Gasteiger partial charge on any atom is 0.272 e. The van der Waals surface area contributed by atoms with Gasteiger partial charge in [-0.3, -0.25) is 4.79 Å². The fraction of sp³-hybridized carbons (Fsp3) is 0.500. The van der Waals surface area contributed by atoms with E-state index in [2.05, 4.69) is 5.32 Å². The van der Waals surface area contributed by atoms with Crippen LogP contribution < -0.4 is 11.1 Å². The molecule has 1 heterocycles. The molecule has 2 aromatic rings. The first kappa shape index (κ1) is 18.9. The average molecular weight is 375 g/mol. The molecule has 1 fully saturated rings. The van der Waals surface area contributed by atoms with Crippen LogP contribution >= 0.6 is 12.4 Å². The SMILES string of the molecule is Cl.NCC1CCCCC1NC(=O)c1nn(-c2ccccc2)c2c1CCC2. The normalized spacial score (nSPS) is 21.7. The zero-order chi connectivity index (χ0) is 17.2. The fourth-order valence-electron chi connectivity index (χ4n) is 4.32. The molecule has 1 aromatic heterocycles. The molecule has 3 N–H and O–H groups in total. The Balaban J connectivity index is 0.00000196. The van der Waals surface area contributed by atoms with Crippen LogP contribution in [0, 0.1) is 5.92 Å². The summed E-state index contributed by atoms with van der Waals surface area (Å²) in [5, 5.41) is 7.93. The van der Waals surface area contributed by atoms with E-state index in [9.17, 15) is 4.79 Å². The number of nitrogens with zero attached hydrogens (tertiary/aromatic N) is 2. The molecule has 1 saturated carbocycles. The van der Waals surface area contributed by atoms with E-state index in [0.717, 1.165) is 49.8 Å². The third kappa shape index (κ3) is 3.51. The predicted octanol–water partition coefficient (Wildman–Crippen LogP) is 3.03. The Morgan fingerprint density at radius 2 is 1.92 bits per heavy atom. The fourth-order valence-corrected chi connectivity index (χ4v) is 4.32. The standard InChI is InChI=1S/C20H26N4O.ClH/c21-13-14-7-4-5-11-17(14)22-20(25)19-16-10-6-12-18(16)24(23-19)15-8-2-1-3-9-15;/h1-3,8-9,14,17H,4-7,10-13,21H2,(H,22,25);1H. The van der Waals surface area contributed by atoms with Crippen molar-refractivity contribution in [2.24, 2.45) is 11.7 Å². The molecule has 6 heteroatoms. The van der Waals surface area contributed by atoms with Gasteiger partial charge in [-0.05, 0) is 56.7 Å². The molecule has 4 rings (SSSR count). The predicted molar refractivity (Wildman–Crippen MR) is 105 cm³/mol. The molecular weight excluding hydrogens is 348 g/mol. The monoisotopic (exact) mass is 374 g/mol. The highest BCUT2D eigenvalue weighted by atomic mass is 35.5. The van der Waals surface area contributed by atoms with Crippen molar-refractivity contribution < 1.29 is 4.79 Å². The van der Waals surface area contributed by atoms with Crippen LogP contribution in [0.15, 0.2) is 30.3 Å². The van der Waals surface area contributed by atoms with Gasteiger partial charge in [-0.1, -0.05) is 31.0 Å². The Bertz CT molecular complexity index is 759. The zero-order valence-corrected chi connectivity index (χ0v) is 15.8. The zero-order valence-electron chi connectivity index (χ0n) is 15.0. The molecule has 140 valence electrons. The van der Waals surface area contributed by atoms with Crippen molar-refractivity contribution in [3.63, 3.8) is 0 Å². The summed E-state index contributed by atoms with van der Waals surface area (Å²) in [5.41, 5.74) is 9.86. The van der Waals surface area contributed by atoms with Gasteiger partial charge in [-0.2, -0.15) is 5.10 Å². The summed E-state index contributed by atoms with van der Waals surface area (Å²) in [6.45, 7) is 0.640. The second-order valence-electron chi connectivity index (χ2n) is 7.23. The molecule has 26 heavy (non-hydrogen) atoms. The van der Waals surface area contributed by atoms with E-state index < -0.39 is 0 Å². The minimum atomic E-state index is -0.0295. The van der Waals surface area contributed by atoms with E-state index in [4.69, 9.17) is 10.8 Å². The van der Waals surface area contributed by atoms with Gasteiger partial charge in [-0.25, -0.2) is 4.68 Å². The number of aromatic nitrogens is 2. The van der Waals surface area contributed by atoms with Gasteiger partial charge in [0.1, 0.15) is 0 Å². The molecule has 2 aliphatic rings. The van der Waals surface area contributed by atoms with Gasteiger partial charge >= 0.3 is 0 Å². The number of benzene rings is 1. The van der Waals surface area contributed by atoms with Gasteiger partial charge in [0.05, 0.1) is 5.69 Å². The minimum Gasteiger partial charge on any atom is -0.348 e. The van der Waals surface area contributed by atoms with E-state index >= 15 is 0 Å². The number of amides is 1. The molecule has 0 radical (unpaired) electrons. The van der Waals surface area contributed by atoms with Crippen molar-refractivity contribution in [2.75, 3.05) is 6.54 Å². The number of hydrogen-bond donors (Lipinski definition) is 2. The number of halogens is 1. The molecule has 1 amide bonds. The lowest BCUT2D eigenvalue weighted by atomic mass is 9.84. The number of carbonyl (C=O) groups excluding carboxylic acids is 1. The Kier molecular flexibility index (Phi) is 5.99. The number of nitrogens with two attached hydrogens (primary N) is 1. The van der Waals surface area contributed by atoms with Crippen molar-refractivity contribution in [2.45, 2.75) is 51.0 Å². The van der Waals surface area contributed by atoms with E-state index in [-0.39, 0.29) is 24.4 Å². The first-order valence-corrected chi connectivity index (χ1v) is 9.45. The lowest BCUT2D eigenvalue weighted by molar-refractivity contribution is 0.0901. The molecule has 0 bridgehead atoms. The lowest BCUT2D eigenvalue weighted by Gasteiger charge is -2.31. The Hall–Kier alpha value is -1.85. The second-order valence-corrected chi connectivity index (χ2v) is 7.23. The Labute approximate surface area is 160 Å². The summed E-state index contributed by atoms with van der Waals surface area (Å²) in [4.78, 5) is 13.0. The van der Waals surface area contributed by atoms with Gasteiger partial charge in [0.2, 0.25) is 0 Å². The van der Waals surface area contributed by atoms with Gasteiger partial charge in [0.25, 0.3) is 5.91 Å². The maximum absolute atomic E-state index is 13.0. The largest absolute Gasteiger partial charge is 0.348 e. The van der Waals surface area contributed by atoms with Crippen molar-refractivity contribution in [3.8, 4) is 5.69 Å². The van der Waals surface area contributed by atoms with Crippen LogP contribution in [0.2, 0.25) is 0 Å². The van der Waals surface area contributed by atoms with Gasteiger partial charge in [0, 0.05) is 17.3 Å². The molecule has 1 aromatic carbocycles. The molecule has 2 unspecified atom stereocenters. The number of carbonyl (C=O) groups is 1. The first-order chi connectivity index (χ1) is 12.3. The molecule has 0 spiro atoms. The lowest BCUT2D eigenvalue weighted by Crippen LogP contribution is -2.45. The van der Waals surface area contributed by atoms with Crippen molar-refractivity contribution in [3.05, 3.63) is 47.3 Å². The Morgan fingerprint density at radius 3 is 2.69 bits per heavy atom. The third-order valence-corrected chi connectivity index (χ3v) is 5.67. The Morgan fingerprint density at radius 1 is 1.15 bits per heavy atom. The summed E-state index contributed by atoms with van der Waals surface area (Å²) in [6, 6.07) is 10.3. The highest BCUT2D eigenvalue weighted by Crippen LogP contribution is 2.29. The molecular formula is C20H27ClN4O. The number of fused-ring (bicyclic) bond motifs is 1. The molecule has 2 atom stereocenters. The summed E-state index contributed by atoms with van der Waals surface area (Å²) < 4.78 is 1.96. The molecule has 0 saturated heterocycles. The van der Waals surface area contributed by atoms with Crippen molar-refractivity contribution >= 4 is 18.3 Å². The summed E-state index contributed by atoms with van der Waals surface area (Å²) in [6.07, 6.45) is 7.53. The van der Waals surface area contributed by atoms with Crippen LogP contribution in [-0.4, -0.2) is 28.3 Å². The van der Waals surface area contributed by atoms with Gasteiger partial charge < -0.3 is 11.1 Å². The second kappa shape index (κ2) is 8.23. The highest BCUT2D eigenvalue weighted by Gasteiger charge is 2.30. The quantitative estimate of drug-likeness (QED) is 0.863. The van der Waals surface area contributed by atoms with E-state index in [0.29, 0.717) is 18.2 Å². The van der Waals surface area contributed by atoms with Crippen LogP contribution in [-0.2, 0) is 12.8 Å². The van der Waals surface area contributed by atoms with Crippen LogP contribution in [0.25, 0.3) is 5.69 Å². The summed E-state index contributed by atoms with van der Waals surface area (Å²) in [5.74, 6) is 0.361. The molecule has 2 aliphatic carbocycles. The van der Waals surface area contributed by atoms with Crippen LogP contribution in [0.1, 0.15) is 53.8 Å². The number of nitrogens with one attached hydrogen (secondary N) is 1.